The first-order valence-corrected chi connectivity index (χ1v) is 8.00. The summed E-state index contributed by atoms with van der Waals surface area (Å²) in [6.45, 7) is 8.87. The van der Waals surface area contributed by atoms with Crippen molar-refractivity contribution in [2.75, 3.05) is 13.1 Å². The molecule has 6 nitrogen and oxygen atoms in total. The largest absolute Gasteiger partial charge is 0.359 e. The lowest BCUT2D eigenvalue weighted by molar-refractivity contribution is 0.0927. The zero-order valence-electron chi connectivity index (χ0n) is 13.8. The van der Waals surface area contributed by atoms with Crippen LogP contribution in [0.15, 0.2) is 10.6 Å². The van der Waals surface area contributed by atoms with Crippen molar-refractivity contribution >= 4 is 5.91 Å². The predicted molar refractivity (Wildman–Crippen MR) is 84.1 cm³/mol. The van der Waals surface area contributed by atoms with E-state index in [1.54, 1.807) is 6.07 Å². The van der Waals surface area contributed by atoms with Gasteiger partial charge in [-0.1, -0.05) is 25.9 Å². The first-order chi connectivity index (χ1) is 10.6. The van der Waals surface area contributed by atoms with Crippen LogP contribution in [0.5, 0.6) is 0 Å². The van der Waals surface area contributed by atoms with Crippen LogP contribution in [-0.2, 0) is 6.54 Å². The number of carbonyl (C=O) groups excluding carboxylic acids is 1. The highest BCUT2D eigenvalue weighted by Gasteiger charge is 2.17. The number of nitrogens with one attached hydrogen (secondary N) is 1. The third-order valence-corrected chi connectivity index (χ3v) is 3.42. The standard InChI is InChI=1S/C16H26N4O2/c1-4-9-20(10-5-2)12-14-11-15(19-22-14)16(21)18-13(6-3)7-8-17/h11,13H,4-7,9-10,12H2,1-3H3,(H,18,21). The van der Waals surface area contributed by atoms with Crippen LogP contribution < -0.4 is 5.32 Å². The Balaban J connectivity index is 2.62. The number of carbonyl (C=O) groups is 1. The van der Waals surface area contributed by atoms with E-state index < -0.39 is 0 Å². The highest BCUT2D eigenvalue weighted by atomic mass is 16.5. The Labute approximate surface area is 132 Å². The maximum absolute atomic E-state index is 12.1. The van der Waals surface area contributed by atoms with E-state index in [9.17, 15) is 4.79 Å². The number of nitrogens with zero attached hydrogens (tertiary/aromatic N) is 3. The fraction of sp³-hybridized carbons (Fsp3) is 0.688. The molecule has 1 N–H and O–H groups in total. The molecule has 6 heteroatoms. The molecule has 0 fully saturated rings. The lowest BCUT2D eigenvalue weighted by atomic mass is 10.1. The first kappa shape index (κ1) is 18.2. The van der Waals surface area contributed by atoms with Gasteiger partial charge in [-0.15, -0.1) is 0 Å². The Hall–Kier alpha value is -1.87. The van der Waals surface area contributed by atoms with Crippen LogP contribution in [0.25, 0.3) is 0 Å². The van der Waals surface area contributed by atoms with Crippen LogP contribution in [0.1, 0.15) is 62.7 Å². The molecule has 0 saturated carbocycles. The van der Waals surface area contributed by atoms with E-state index in [2.05, 4.69) is 35.3 Å². The molecule has 0 aromatic carbocycles. The number of aromatic nitrogens is 1. The molecule has 0 aliphatic rings. The number of amides is 1. The van der Waals surface area contributed by atoms with Gasteiger partial charge in [0, 0.05) is 12.1 Å². The van der Waals surface area contributed by atoms with Gasteiger partial charge >= 0.3 is 0 Å². The van der Waals surface area contributed by atoms with Gasteiger partial charge in [-0.25, -0.2) is 0 Å². The Morgan fingerprint density at radius 1 is 1.41 bits per heavy atom. The Kier molecular flexibility index (Phi) is 8.23. The molecule has 22 heavy (non-hydrogen) atoms. The van der Waals surface area contributed by atoms with Crippen molar-refractivity contribution in [1.29, 1.82) is 5.26 Å². The van der Waals surface area contributed by atoms with E-state index in [0.717, 1.165) is 25.9 Å². The quantitative estimate of drug-likeness (QED) is 0.718. The topological polar surface area (TPSA) is 82.2 Å². The van der Waals surface area contributed by atoms with E-state index in [1.807, 2.05) is 6.92 Å². The van der Waals surface area contributed by atoms with Gasteiger partial charge in [0.15, 0.2) is 11.5 Å². The summed E-state index contributed by atoms with van der Waals surface area (Å²) < 4.78 is 5.27. The molecular formula is C16H26N4O2. The van der Waals surface area contributed by atoms with Gasteiger partial charge in [-0.2, -0.15) is 5.26 Å². The molecule has 1 aromatic heterocycles. The van der Waals surface area contributed by atoms with Crippen molar-refractivity contribution < 1.29 is 9.32 Å². The van der Waals surface area contributed by atoms with Crippen LogP contribution in [0.4, 0.5) is 0 Å². The summed E-state index contributed by atoms with van der Waals surface area (Å²) in [5.74, 6) is 0.412. The lowest BCUT2D eigenvalue weighted by Gasteiger charge is -2.18. The summed E-state index contributed by atoms with van der Waals surface area (Å²) in [6.07, 6.45) is 3.17. The van der Waals surface area contributed by atoms with Gasteiger partial charge < -0.3 is 9.84 Å². The average molecular weight is 306 g/mol. The van der Waals surface area contributed by atoms with Crippen molar-refractivity contribution in [3.8, 4) is 6.07 Å². The van der Waals surface area contributed by atoms with Crippen LogP contribution in [0.3, 0.4) is 0 Å². The second-order valence-corrected chi connectivity index (χ2v) is 5.40. The molecule has 0 aliphatic carbocycles. The van der Waals surface area contributed by atoms with Gasteiger partial charge in [-0.3, -0.25) is 9.69 Å². The lowest BCUT2D eigenvalue weighted by Crippen LogP contribution is -2.34. The second-order valence-electron chi connectivity index (χ2n) is 5.40. The average Bonchev–Trinajstić information content (AvgIpc) is 2.96. The molecule has 0 bridgehead atoms. The molecular weight excluding hydrogens is 280 g/mol. The normalized spacial score (nSPS) is 12.1. The molecule has 1 atom stereocenters. The highest BCUT2D eigenvalue weighted by Crippen LogP contribution is 2.09. The van der Waals surface area contributed by atoms with Gasteiger partial charge in [-0.05, 0) is 32.4 Å². The fourth-order valence-electron chi connectivity index (χ4n) is 2.28. The van der Waals surface area contributed by atoms with Gasteiger partial charge in [0.2, 0.25) is 0 Å². The van der Waals surface area contributed by atoms with Gasteiger partial charge in [0.05, 0.1) is 19.0 Å². The molecule has 122 valence electrons. The van der Waals surface area contributed by atoms with Gasteiger partial charge in [0.1, 0.15) is 0 Å². The van der Waals surface area contributed by atoms with E-state index in [4.69, 9.17) is 9.78 Å². The van der Waals surface area contributed by atoms with Crippen molar-refractivity contribution in [2.45, 2.75) is 59.0 Å². The van der Waals surface area contributed by atoms with Crippen LogP contribution in [0, 0.1) is 11.3 Å². The zero-order chi connectivity index (χ0) is 16.4. The fourth-order valence-corrected chi connectivity index (χ4v) is 2.28. The van der Waals surface area contributed by atoms with Crippen molar-refractivity contribution in [1.82, 2.24) is 15.4 Å². The maximum atomic E-state index is 12.1. The maximum Gasteiger partial charge on any atom is 0.273 e. The van der Waals surface area contributed by atoms with Crippen molar-refractivity contribution in [3.05, 3.63) is 17.5 Å². The minimum atomic E-state index is -0.283. The van der Waals surface area contributed by atoms with Crippen LogP contribution >= 0.6 is 0 Å². The molecule has 1 heterocycles. The van der Waals surface area contributed by atoms with Crippen LogP contribution in [-0.4, -0.2) is 35.1 Å². The minimum absolute atomic E-state index is 0.144. The summed E-state index contributed by atoms with van der Waals surface area (Å²) in [5, 5.41) is 15.4. The number of rotatable bonds is 10. The summed E-state index contributed by atoms with van der Waals surface area (Å²) in [7, 11) is 0. The monoisotopic (exact) mass is 306 g/mol. The Bertz CT molecular complexity index is 487. The number of nitriles is 1. The number of hydrogen-bond donors (Lipinski definition) is 1. The predicted octanol–water partition coefficient (Wildman–Crippen LogP) is 2.72. The summed E-state index contributed by atoms with van der Waals surface area (Å²) in [6, 6.07) is 3.61. The third-order valence-electron chi connectivity index (χ3n) is 3.42. The SMILES string of the molecule is CCCN(CCC)Cc1cc(C(=O)NC(CC)CC#N)no1. The van der Waals surface area contributed by atoms with E-state index in [-0.39, 0.29) is 17.6 Å². The zero-order valence-corrected chi connectivity index (χ0v) is 13.8. The highest BCUT2D eigenvalue weighted by molar-refractivity contribution is 5.92. The van der Waals surface area contributed by atoms with Crippen molar-refractivity contribution in [2.24, 2.45) is 0 Å². The summed E-state index contributed by atoms with van der Waals surface area (Å²) in [5.41, 5.74) is 0.277. The van der Waals surface area contributed by atoms with E-state index >= 15 is 0 Å². The first-order valence-electron chi connectivity index (χ1n) is 8.00. The smallest absolute Gasteiger partial charge is 0.273 e. The van der Waals surface area contributed by atoms with Crippen molar-refractivity contribution in [3.63, 3.8) is 0 Å². The summed E-state index contributed by atoms with van der Waals surface area (Å²) in [4.78, 5) is 14.4. The molecule has 0 spiro atoms. The summed E-state index contributed by atoms with van der Waals surface area (Å²) >= 11 is 0. The van der Waals surface area contributed by atoms with E-state index in [1.165, 1.54) is 0 Å². The number of hydrogen-bond acceptors (Lipinski definition) is 5. The Morgan fingerprint density at radius 2 is 2.09 bits per heavy atom. The Morgan fingerprint density at radius 3 is 2.64 bits per heavy atom. The third kappa shape index (κ3) is 5.86. The second kappa shape index (κ2) is 9.96. The van der Waals surface area contributed by atoms with E-state index in [0.29, 0.717) is 25.1 Å². The molecule has 1 aromatic rings. The molecule has 0 radical (unpaired) electrons. The molecule has 1 rings (SSSR count). The molecule has 0 aliphatic heterocycles. The van der Waals surface area contributed by atoms with Crippen LogP contribution in [0.2, 0.25) is 0 Å². The molecule has 0 saturated heterocycles. The molecule has 1 amide bonds. The minimum Gasteiger partial charge on any atom is -0.359 e. The van der Waals surface area contributed by atoms with Gasteiger partial charge in [0.25, 0.3) is 5.91 Å². The molecule has 1 unspecified atom stereocenters.